The SMILES string of the molecule is O=C(NC1(CO)CCCCC1)c1c(Cl)cccc1[N+](=O)[O-]. The van der Waals surface area contributed by atoms with Gasteiger partial charge in [0.1, 0.15) is 5.56 Å². The Morgan fingerprint density at radius 2 is 2.05 bits per heavy atom. The molecule has 1 aromatic rings. The van der Waals surface area contributed by atoms with Gasteiger partial charge < -0.3 is 10.4 Å². The third-order valence-electron chi connectivity index (χ3n) is 3.91. The highest BCUT2D eigenvalue weighted by molar-refractivity contribution is 6.34. The van der Waals surface area contributed by atoms with Gasteiger partial charge in [-0.15, -0.1) is 0 Å². The van der Waals surface area contributed by atoms with Crippen LogP contribution < -0.4 is 5.32 Å². The number of carbonyl (C=O) groups excluding carboxylic acids is 1. The molecule has 0 saturated heterocycles. The summed E-state index contributed by atoms with van der Waals surface area (Å²) >= 11 is 5.95. The molecule has 1 aliphatic rings. The number of amides is 1. The van der Waals surface area contributed by atoms with Crippen LogP contribution >= 0.6 is 11.6 Å². The number of nitrogens with one attached hydrogen (secondary N) is 1. The van der Waals surface area contributed by atoms with Gasteiger partial charge in [-0.05, 0) is 18.9 Å². The minimum atomic E-state index is -0.706. The molecule has 2 rings (SSSR count). The first-order valence-electron chi connectivity index (χ1n) is 6.85. The van der Waals surface area contributed by atoms with Crippen LogP contribution in [-0.4, -0.2) is 28.1 Å². The summed E-state index contributed by atoms with van der Waals surface area (Å²) < 4.78 is 0. The van der Waals surface area contributed by atoms with Gasteiger partial charge in [-0.2, -0.15) is 0 Å². The van der Waals surface area contributed by atoms with Crippen LogP contribution in [0.1, 0.15) is 42.5 Å². The Kier molecular flexibility index (Phi) is 4.80. The van der Waals surface area contributed by atoms with E-state index in [0.717, 1.165) is 19.3 Å². The first kappa shape index (κ1) is 15.7. The smallest absolute Gasteiger partial charge is 0.283 e. The summed E-state index contributed by atoms with van der Waals surface area (Å²) in [4.78, 5) is 22.8. The molecule has 7 heteroatoms. The maximum absolute atomic E-state index is 12.4. The van der Waals surface area contributed by atoms with E-state index in [1.165, 1.54) is 18.2 Å². The Balaban J connectivity index is 2.30. The summed E-state index contributed by atoms with van der Waals surface area (Å²) in [6.07, 6.45) is 4.20. The molecular weight excluding hydrogens is 296 g/mol. The maximum atomic E-state index is 12.4. The van der Waals surface area contributed by atoms with Crippen molar-refractivity contribution >= 4 is 23.2 Å². The first-order valence-corrected chi connectivity index (χ1v) is 7.23. The molecular formula is C14H17ClN2O4. The van der Waals surface area contributed by atoms with E-state index in [4.69, 9.17) is 11.6 Å². The number of nitro benzene ring substituents is 1. The van der Waals surface area contributed by atoms with Gasteiger partial charge in [-0.3, -0.25) is 14.9 Å². The lowest BCUT2D eigenvalue weighted by Gasteiger charge is -2.36. The quantitative estimate of drug-likeness (QED) is 0.660. The van der Waals surface area contributed by atoms with E-state index in [1.54, 1.807) is 0 Å². The minimum Gasteiger partial charge on any atom is -0.394 e. The fourth-order valence-corrected chi connectivity index (χ4v) is 3.00. The van der Waals surface area contributed by atoms with Gasteiger partial charge in [-0.25, -0.2) is 0 Å². The Bertz CT molecular complexity index is 556. The fourth-order valence-electron chi connectivity index (χ4n) is 2.74. The molecule has 1 fully saturated rings. The van der Waals surface area contributed by atoms with E-state index in [0.29, 0.717) is 12.8 Å². The maximum Gasteiger partial charge on any atom is 0.283 e. The van der Waals surface area contributed by atoms with E-state index in [-0.39, 0.29) is 22.9 Å². The zero-order chi connectivity index (χ0) is 15.5. The van der Waals surface area contributed by atoms with Crippen molar-refractivity contribution in [1.29, 1.82) is 0 Å². The molecule has 21 heavy (non-hydrogen) atoms. The topological polar surface area (TPSA) is 92.5 Å². The predicted molar refractivity (Wildman–Crippen MR) is 78.5 cm³/mol. The van der Waals surface area contributed by atoms with Crippen LogP contribution in [0.5, 0.6) is 0 Å². The van der Waals surface area contributed by atoms with Gasteiger partial charge in [0.2, 0.25) is 0 Å². The highest BCUT2D eigenvalue weighted by Crippen LogP contribution is 2.31. The zero-order valence-electron chi connectivity index (χ0n) is 11.5. The second-order valence-corrected chi connectivity index (χ2v) is 5.75. The summed E-state index contributed by atoms with van der Waals surface area (Å²) in [6.45, 7) is -0.184. The van der Waals surface area contributed by atoms with Crippen LogP contribution in [0.25, 0.3) is 0 Å². The largest absolute Gasteiger partial charge is 0.394 e. The summed E-state index contributed by atoms with van der Waals surface area (Å²) in [5.41, 5.74) is -1.19. The summed E-state index contributed by atoms with van der Waals surface area (Å²) in [5.74, 6) is -0.608. The molecule has 2 N–H and O–H groups in total. The highest BCUT2D eigenvalue weighted by atomic mass is 35.5. The van der Waals surface area contributed by atoms with Gasteiger partial charge >= 0.3 is 0 Å². The average molecular weight is 313 g/mol. The lowest BCUT2D eigenvalue weighted by molar-refractivity contribution is -0.385. The second kappa shape index (κ2) is 6.41. The Morgan fingerprint density at radius 1 is 1.38 bits per heavy atom. The molecule has 0 aromatic heterocycles. The Hall–Kier alpha value is -1.66. The standard InChI is InChI=1S/C14H17ClN2O4/c15-10-5-4-6-11(17(20)21)12(10)13(19)16-14(9-18)7-2-1-3-8-14/h4-6,18H,1-3,7-9H2,(H,16,19). The number of halogens is 1. The molecule has 0 unspecified atom stereocenters. The average Bonchev–Trinajstić information content (AvgIpc) is 2.47. The van der Waals surface area contributed by atoms with Crippen LogP contribution in [0.15, 0.2) is 18.2 Å². The van der Waals surface area contributed by atoms with Crippen molar-refractivity contribution in [3.8, 4) is 0 Å². The van der Waals surface area contributed by atoms with E-state index in [9.17, 15) is 20.0 Å². The molecule has 6 nitrogen and oxygen atoms in total. The lowest BCUT2D eigenvalue weighted by Crippen LogP contribution is -2.52. The number of benzene rings is 1. The fraction of sp³-hybridized carbons (Fsp3) is 0.500. The van der Waals surface area contributed by atoms with Crippen molar-refractivity contribution in [3.63, 3.8) is 0 Å². The van der Waals surface area contributed by atoms with Crippen LogP contribution in [0.4, 0.5) is 5.69 Å². The second-order valence-electron chi connectivity index (χ2n) is 5.34. The molecule has 0 heterocycles. The van der Waals surface area contributed by atoms with Crippen molar-refractivity contribution in [2.45, 2.75) is 37.6 Å². The normalized spacial score (nSPS) is 17.2. The summed E-state index contributed by atoms with van der Waals surface area (Å²) in [6, 6.07) is 4.11. The van der Waals surface area contributed by atoms with E-state index in [1.807, 2.05) is 0 Å². The monoisotopic (exact) mass is 312 g/mol. The molecule has 0 bridgehead atoms. The number of aliphatic hydroxyl groups is 1. The summed E-state index contributed by atoms with van der Waals surface area (Å²) in [5, 5.41) is 23.4. The summed E-state index contributed by atoms with van der Waals surface area (Å²) in [7, 11) is 0. The van der Waals surface area contributed by atoms with Crippen LogP contribution in [0, 0.1) is 10.1 Å². The van der Waals surface area contributed by atoms with Gasteiger partial charge in [0, 0.05) is 6.07 Å². The van der Waals surface area contributed by atoms with E-state index in [2.05, 4.69) is 5.32 Å². The molecule has 114 valence electrons. The Morgan fingerprint density at radius 3 is 2.62 bits per heavy atom. The van der Waals surface area contributed by atoms with Gasteiger partial charge in [-0.1, -0.05) is 36.9 Å². The molecule has 1 saturated carbocycles. The van der Waals surface area contributed by atoms with Crippen LogP contribution in [-0.2, 0) is 0 Å². The number of hydrogen-bond acceptors (Lipinski definition) is 4. The number of nitrogens with zero attached hydrogens (tertiary/aromatic N) is 1. The number of carbonyl (C=O) groups is 1. The highest BCUT2D eigenvalue weighted by Gasteiger charge is 2.35. The third-order valence-corrected chi connectivity index (χ3v) is 4.22. The molecule has 1 aliphatic carbocycles. The number of rotatable bonds is 4. The predicted octanol–water partition coefficient (Wildman–Crippen LogP) is 2.67. The first-order chi connectivity index (χ1) is 9.99. The van der Waals surface area contributed by atoms with Crippen LogP contribution in [0.2, 0.25) is 5.02 Å². The molecule has 0 aliphatic heterocycles. The Labute approximate surface area is 127 Å². The van der Waals surface area contributed by atoms with Gasteiger partial charge in [0.15, 0.2) is 0 Å². The van der Waals surface area contributed by atoms with Crippen molar-refractivity contribution < 1.29 is 14.8 Å². The molecule has 0 radical (unpaired) electrons. The van der Waals surface area contributed by atoms with Crippen molar-refractivity contribution in [1.82, 2.24) is 5.32 Å². The molecule has 1 aromatic carbocycles. The molecule has 0 atom stereocenters. The van der Waals surface area contributed by atoms with Crippen LogP contribution in [0.3, 0.4) is 0 Å². The van der Waals surface area contributed by atoms with E-state index >= 15 is 0 Å². The zero-order valence-corrected chi connectivity index (χ0v) is 12.2. The molecule has 1 amide bonds. The van der Waals surface area contributed by atoms with Crippen molar-refractivity contribution in [2.24, 2.45) is 0 Å². The molecule has 0 spiro atoms. The minimum absolute atomic E-state index is 0.0330. The lowest BCUT2D eigenvalue weighted by atomic mass is 9.82. The third kappa shape index (κ3) is 3.33. The number of hydrogen-bond donors (Lipinski definition) is 2. The number of aliphatic hydroxyl groups excluding tert-OH is 1. The van der Waals surface area contributed by atoms with Gasteiger partial charge in [0.05, 0.1) is 22.1 Å². The number of nitro groups is 1. The van der Waals surface area contributed by atoms with Crippen molar-refractivity contribution in [3.05, 3.63) is 38.9 Å². The van der Waals surface area contributed by atoms with E-state index < -0.39 is 16.4 Å². The van der Waals surface area contributed by atoms with Gasteiger partial charge in [0.25, 0.3) is 11.6 Å². The van der Waals surface area contributed by atoms with Crippen molar-refractivity contribution in [2.75, 3.05) is 6.61 Å².